The third-order valence-electron chi connectivity index (χ3n) is 2.80. The van der Waals surface area contributed by atoms with Crippen LogP contribution in [0.2, 0.25) is 0 Å². The molecule has 0 aromatic rings. The highest BCUT2D eigenvalue weighted by molar-refractivity contribution is 4.88. The van der Waals surface area contributed by atoms with Gasteiger partial charge in [0.15, 0.2) is 0 Å². The van der Waals surface area contributed by atoms with E-state index >= 15 is 0 Å². The number of hydrogen-bond donors (Lipinski definition) is 0. The second-order valence-electron chi connectivity index (χ2n) is 3.39. The zero-order valence-electron chi connectivity index (χ0n) is 6.49. The molecule has 3 rings (SSSR count). The molecule has 3 fully saturated rings. The summed E-state index contributed by atoms with van der Waals surface area (Å²) in [6.07, 6.45) is 4.42. The average molecular weight is 152 g/mol. The minimum atomic E-state index is 0.197. The molecule has 0 saturated carbocycles. The van der Waals surface area contributed by atoms with Gasteiger partial charge in [-0.05, 0) is 25.9 Å². The van der Waals surface area contributed by atoms with Gasteiger partial charge in [-0.1, -0.05) is 0 Å². The third-order valence-corrected chi connectivity index (χ3v) is 2.80. The van der Waals surface area contributed by atoms with Gasteiger partial charge < -0.3 is 4.74 Å². The lowest BCUT2D eigenvalue weighted by molar-refractivity contribution is -0.0244. The highest BCUT2D eigenvalue weighted by Crippen LogP contribution is 2.29. The summed E-state index contributed by atoms with van der Waals surface area (Å²) < 4.78 is 4.98. The van der Waals surface area contributed by atoms with Crippen LogP contribution in [0.5, 0.6) is 0 Å². The molecule has 11 heavy (non-hydrogen) atoms. The van der Waals surface area contributed by atoms with Gasteiger partial charge in [0.1, 0.15) is 6.10 Å². The van der Waals surface area contributed by atoms with Crippen LogP contribution in [0, 0.1) is 17.4 Å². The molecule has 3 heteroatoms. The van der Waals surface area contributed by atoms with Crippen molar-refractivity contribution in [1.29, 1.82) is 5.26 Å². The molecule has 0 aromatic heterocycles. The number of hydrogen-bond acceptors (Lipinski definition) is 3. The fourth-order valence-corrected chi connectivity index (χ4v) is 2.11. The number of rotatable bonds is 1. The van der Waals surface area contributed by atoms with Gasteiger partial charge in [0, 0.05) is 12.5 Å². The summed E-state index contributed by atoms with van der Waals surface area (Å²) in [5.41, 5.74) is 0. The number of piperidine rings is 3. The Morgan fingerprint density at radius 2 is 2.09 bits per heavy atom. The van der Waals surface area contributed by atoms with Gasteiger partial charge in [-0.3, -0.25) is 4.90 Å². The maximum atomic E-state index is 8.36. The van der Waals surface area contributed by atoms with Crippen molar-refractivity contribution >= 4 is 0 Å². The van der Waals surface area contributed by atoms with Crippen LogP contribution in [0.3, 0.4) is 0 Å². The van der Waals surface area contributed by atoms with Crippen molar-refractivity contribution in [1.82, 2.24) is 4.90 Å². The van der Waals surface area contributed by atoms with E-state index in [0.717, 1.165) is 6.54 Å². The fraction of sp³-hybridized carbons (Fsp3) is 0.875. The first kappa shape index (κ1) is 6.93. The molecule has 0 aliphatic carbocycles. The monoisotopic (exact) mass is 152 g/mol. The SMILES string of the molecule is N#CO[C@H]1CN2CCC1CC2. The van der Waals surface area contributed by atoms with Crippen molar-refractivity contribution in [3.8, 4) is 6.26 Å². The van der Waals surface area contributed by atoms with Gasteiger partial charge in [0.2, 0.25) is 0 Å². The van der Waals surface area contributed by atoms with Crippen LogP contribution in [0.15, 0.2) is 0 Å². The number of ether oxygens (including phenoxy) is 1. The van der Waals surface area contributed by atoms with Gasteiger partial charge in [-0.25, -0.2) is 0 Å². The van der Waals surface area contributed by atoms with E-state index < -0.39 is 0 Å². The largest absolute Gasteiger partial charge is 0.423 e. The van der Waals surface area contributed by atoms with E-state index in [1.54, 1.807) is 6.26 Å². The summed E-state index contributed by atoms with van der Waals surface area (Å²) in [6, 6.07) is 0. The summed E-state index contributed by atoms with van der Waals surface area (Å²) in [4.78, 5) is 2.38. The lowest BCUT2D eigenvalue weighted by atomic mass is 9.86. The predicted octanol–water partition coefficient (Wildman–Crippen LogP) is 0.578. The predicted molar refractivity (Wildman–Crippen MR) is 39.7 cm³/mol. The van der Waals surface area contributed by atoms with Crippen molar-refractivity contribution in [2.75, 3.05) is 19.6 Å². The van der Waals surface area contributed by atoms with E-state index in [9.17, 15) is 0 Å². The second kappa shape index (κ2) is 2.71. The van der Waals surface area contributed by atoms with E-state index in [4.69, 9.17) is 10.00 Å². The summed E-state index contributed by atoms with van der Waals surface area (Å²) in [5.74, 6) is 0.652. The maximum absolute atomic E-state index is 8.36. The molecular weight excluding hydrogens is 140 g/mol. The van der Waals surface area contributed by atoms with E-state index in [1.165, 1.54) is 25.9 Å². The van der Waals surface area contributed by atoms with Gasteiger partial charge in [0.25, 0.3) is 6.26 Å². The Balaban J connectivity index is 1.98. The van der Waals surface area contributed by atoms with Crippen LogP contribution in [-0.4, -0.2) is 30.6 Å². The quantitative estimate of drug-likeness (QED) is 0.516. The van der Waals surface area contributed by atoms with Crippen molar-refractivity contribution in [3.05, 3.63) is 0 Å². The molecule has 0 aromatic carbocycles. The lowest BCUT2D eigenvalue weighted by Gasteiger charge is -2.42. The number of nitrogens with zero attached hydrogens (tertiary/aromatic N) is 2. The normalized spacial score (nSPS) is 41.5. The molecule has 3 nitrogen and oxygen atoms in total. The topological polar surface area (TPSA) is 36.3 Å². The molecule has 3 saturated heterocycles. The standard InChI is InChI=1S/C8H12N2O/c9-6-11-8-5-10-3-1-7(8)2-4-10/h7-8H,1-5H2/t8-/m0/s1. The summed E-state index contributed by atoms with van der Waals surface area (Å²) in [6.45, 7) is 3.38. The van der Waals surface area contributed by atoms with Crippen LogP contribution >= 0.6 is 0 Å². The highest BCUT2D eigenvalue weighted by Gasteiger charge is 2.35. The number of fused-ring (bicyclic) bond motifs is 3. The van der Waals surface area contributed by atoms with Crippen LogP contribution in [0.25, 0.3) is 0 Å². The molecule has 0 N–H and O–H groups in total. The second-order valence-corrected chi connectivity index (χ2v) is 3.39. The highest BCUT2D eigenvalue weighted by atomic mass is 16.5. The van der Waals surface area contributed by atoms with Crippen molar-refractivity contribution in [2.24, 2.45) is 5.92 Å². The maximum Gasteiger partial charge on any atom is 0.286 e. The Hall–Kier alpha value is -0.750. The molecule has 0 amide bonds. The zero-order valence-corrected chi connectivity index (χ0v) is 6.49. The Kier molecular flexibility index (Phi) is 1.71. The third kappa shape index (κ3) is 1.19. The molecule has 1 atom stereocenters. The molecular formula is C8H12N2O. The van der Waals surface area contributed by atoms with Crippen LogP contribution in [0.1, 0.15) is 12.8 Å². The first-order valence-electron chi connectivity index (χ1n) is 4.17. The molecule has 3 aliphatic rings. The van der Waals surface area contributed by atoms with Gasteiger partial charge in [-0.2, -0.15) is 5.26 Å². The molecule has 3 heterocycles. The molecule has 0 radical (unpaired) electrons. The first-order chi connectivity index (χ1) is 5.40. The Morgan fingerprint density at radius 1 is 1.36 bits per heavy atom. The van der Waals surface area contributed by atoms with Gasteiger partial charge in [0.05, 0.1) is 0 Å². The van der Waals surface area contributed by atoms with Crippen LogP contribution in [0.4, 0.5) is 0 Å². The Morgan fingerprint density at radius 3 is 2.55 bits per heavy atom. The van der Waals surface area contributed by atoms with E-state index in [2.05, 4.69) is 4.90 Å². The molecule has 2 bridgehead atoms. The summed E-state index contributed by atoms with van der Waals surface area (Å²) in [5, 5.41) is 8.36. The first-order valence-corrected chi connectivity index (χ1v) is 4.17. The van der Waals surface area contributed by atoms with Crippen molar-refractivity contribution in [2.45, 2.75) is 18.9 Å². The van der Waals surface area contributed by atoms with E-state index in [-0.39, 0.29) is 6.10 Å². The van der Waals surface area contributed by atoms with Crippen molar-refractivity contribution < 1.29 is 4.74 Å². The van der Waals surface area contributed by atoms with Crippen LogP contribution in [-0.2, 0) is 4.74 Å². The minimum absolute atomic E-state index is 0.197. The minimum Gasteiger partial charge on any atom is -0.423 e. The average Bonchev–Trinajstić information content (AvgIpc) is 2.07. The molecule has 3 aliphatic heterocycles. The Bertz CT molecular complexity index is 179. The lowest BCUT2D eigenvalue weighted by Crippen LogP contribution is -2.50. The van der Waals surface area contributed by atoms with E-state index in [0.29, 0.717) is 5.92 Å². The van der Waals surface area contributed by atoms with E-state index in [1.807, 2.05) is 0 Å². The zero-order chi connectivity index (χ0) is 7.68. The molecule has 60 valence electrons. The molecule has 0 spiro atoms. The summed E-state index contributed by atoms with van der Waals surface area (Å²) >= 11 is 0. The molecule has 0 unspecified atom stereocenters. The van der Waals surface area contributed by atoms with Crippen LogP contribution < -0.4 is 0 Å². The van der Waals surface area contributed by atoms with Crippen molar-refractivity contribution in [3.63, 3.8) is 0 Å². The van der Waals surface area contributed by atoms with Gasteiger partial charge >= 0.3 is 0 Å². The fourth-order valence-electron chi connectivity index (χ4n) is 2.11. The Labute approximate surface area is 66.5 Å². The smallest absolute Gasteiger partial charge is 0.286 e. The van der Waals surface area contributed by atoms with Gasteiger partial charge in [-0.15, -0.1) is 0 Å². The number of nitriles is 1. The summed E-state index contributed by atoms with van der Waals surface area (Å²) in [7, 11) is 0.